The van der Waals surface area contributed by atoms with Gasteiger partial charge in [0.2, 0.25) is 0 Å². The van der Waals surface area contributed by atoms with Gasteiger partial charge in [-0.05, 0) is 77.4 Å². The lowest BCUT2D eigenvalue weighted by atomic mass is 10.1. The molecular weight excluding hydrogens is 500 g/mol. The van der Waals surface area contributed by atoms with Crippen LogP contribution < -0.4 is 4.90 Å². The Morgan fingerprint density at radius 2 is 1.26 bits per heavy atom. The zero-order valence-corrected chi connectivity index (χ0v) is 21.8. The van der Waals surface area contributed by atoms with E-state index in [1.165, 1.54) is 6.08 Å². The molecule has 5 rings (SSSR count). The number of benzene rings is 4. The van der Waals surface area contributed by atoms with Gasteiger partial charge in [-0.3, -0.25) is 0 Å². The third-order valence-electron chi connectivity index (χ3n) is 6.10. The molecule has 5 aromatic rings. The number of nitriles is 1. The van der Waals surface area contributed by atoms with E-state index in [9.17, 15) is 4.79 Å². The second kappa shape index (κ2) is 11.9. The predicted octanol–water partition coefficient (Wildman–Crippen LogP) is 9.05. The zero-order chi connectivity index (χ0) is 27.0. The smallest absolute Gasteiger partial charge is 0.346 e. The number of carbonyl (C=O) groups is 1. The Kier molecular flexibility index (Phi) is 7.78. The highest BCUT2D eigenvalue weighted by Crippen LogP contribution is 2.34. The van der Waals surface area contributed by atoms with Crippen molar-refractivity contribution in [2.45, 2.75) is 0 Å². The van der Waals surface area contributed by atoms with Gasteiger partial charge in [0.25, 0.3) is 0 Å². The van der Waals surface area contributed by atoms with Crippen molar-refractivity contribution in [3.05, 3.63) is 143 Å². The van der Waals surface area contributed by atoms with E-state index < -0.39 is 5.97 Å². The number of hydrogen-bond acceptors (Lipinski definition) is 4. The third-order valence-corrected chi connectivity index (χ3v) is 7.20. The number of para-hydroxylation sites is 2. The molecule has 0 aliphatic heterocycles. The van der Waals surface area contributed by atoms with Gasteiger partial charge in [-0.1, -0.05) is 78.9 Å². The summed E-state index contributed by atoms with van der Waals surface area (Å²) in [6, 6.07) is 42.6. The topological polar surface area (TPSA) is 64.3 Å². The van der Waals surface area contributed by atoms with E-state index in [1.54, 1.807) is 17.4 Å². The fourth-order valence-corrected chi connectivity index (χ4v) is 5.08. The maximum atomic E-state index is 11.1. The van der Waals surface area contributed by atoms with Crippen LogP contribution in [0.4, 0.5) is 17.1 Å². The van der Waals surface area contributed by atoms with Crippen molar-refractivity contribution in [3.8, 4) is 16.5 Å². The van der Waals surface area contributed by atoms with Crippen molar-refractivity contribution >= 4 is 52.6 Å². The summed E-state index contributed by atoms with van der Waals surface area (Å²) in [4.78, 5) is 15.5. The van der Waals surface area contributed by atoms with Crippen molar-refractivity contribution in [2.24, 2.45) is 0 Å². The minimum Gasteiger partial charge on any atom is -0.477 e. The fourth-order valence-electron chi connectivity index (χ4n) is 4.16. The molecule has 0 aliphatic carbocycles. The third kappa shape index (κ3) is 6.22. The number of rotatable bonds is 8. The van der Waals surface area contributed by atoms with Crippen molar-refractivity contribution in [1.29, 1.82) is 5.26 Å². The van der Waals surface area contributed by atoms with Gasteiger partial charge in [0, 0.05) is 26.8 Å². The average Bonchev–Trinajstić information content (AvgIpc) is 3.46. The van der Waals surface area contributed by atoms with E-state index in [1.807, 2.05) is 60.7 Å². The summed E-state index contributed by atoms with van der Waals surface area (Å²) in [5, 5.41) is 18.0. The number of nitrogens with zero attached hydrogens (tertiary/aromatic N) is 2. The first-order chi connectivity index (χ1) is 19.1. The molecule has 39 heavy (non-hydrogen) atoms. The number of anilines is 3. The van der Waals surface area contributed by atoms with Gasteiger partial charge in [0.15, 0.2) is 0 Å². The Balaban J connectivity index is 1.31. The highest BCUT2D eigenvalue weighted by molar-refractivity contribution is 7.16. The summed E-state index contributed by atoms with van der Waals surface area (Å²) in [5.74, 6) is -1.23. The van der Waals surface area contributed by atoms with Crippen molar-refractivity contribution in [2.75, 3.05) is 4.90 Å². The number of carboxylic acids is 1. The van der Waals surface area contributed by atoms with Crippen LogP contribution in [0.3, 0.4) is 0 Å². The van der Waals surface area contributed by atoms with E-state index in [4.69, 9.17) is 10.4 Å². The van der Waals surface area contributed by atoms with Crippen LogP contribution in [-0.4, -0.2) is 11.1 Å². The van der Waals surface area contributed by atoms with E-state index in [2.05, 4.69) is 77.7 Å². The van der Waals surface area contributed by atoms with Crippen molar-refractivity contribution in [1.82, 2.24) is 0 Å². The molecule has 1 aromatic heterocycles. The Labute approximate surface area is 231 Å². The standard InChI is InChI=1S/C34H24N2O2S/c35-24-28(34(37)38)23-26-11-16-27(17-12-26)33-22-21-32(39-33)20-15-25-13-18-31(19-14-25)36(29-7-3-1-4-8-29)30-9-5-2-6-10-30/h1-23H,(H,37,38)/b20-15+,28-23-. The molecule has 5 heteroatoms. The summed E-state index contributed by atoms with van der Waals surface area (Å²) in [5.41, 5.74) is 5.84. The molecular formula is C34H24N2O2S. The van der Waals surface area contributed by atoms with Crippen LogP contribution >= 0.6 is 11.3 Å². The van der Waals surface area contributed by atoms with Crippen molar-refractivity contribution in [3.63, 3.8) is 0 Å². The molecule has 0 saturated carbocycles. The summed E-state index contributed by atoms with van der Waals surface area (Å²) in [6.45, 7) is 0. The molecule has 4 nitrogen and oxygen atoms in total. The number of carboxylic acid groups (broad SMARTS) is 1. The van der Waals surface area contributed by atoms with E-state index in [-0.39, 0.29) is 5.57 Å². The first-order valence-electron chi connectivity index (χ1n) is 12.3. The zero-order valence-electron chi connectivity index (χ0n) is 20.9. The minimum absolute atomic E-state index is 0.285. The molecule has 188 valence electrons. The Morgan fingerprint density at radius 1 is 0.692 bits per heavy atom. The SMILES string of the molecule is N#C/C(=C/c1ccc(-c2ccc(/C=C/c3ccc(N(c4ccccc4)c4ccccc4)cc3)s2)cc1)C(=O)O. The summed E-state index contributed by atoms with van der Waals surface area (Å²) in [7, 11) is 0. The van der Waals surface area contributed by atoms with E-state index in [0.717, 1.165) is 37.9 Å². The first kappa shape index (κ1) is 25.5. The number of aliphatic carboxylic acids is 1. The second-order valence-corrected chi connectivity index (χ2v) is 9.85. The van der Waals surface area contributed by atoms with Gasteiger partial charge >= 0.3 is 5.97 Å². The van der Waals surface area contributed by atoms with Gasteiger partial charge in [-0.25, -0.2) is 4.79 Å². The molecule has 0 unspecified atom stereocenters. The maximum Gasteiger partial charge on any atom is 0.346 e. The number of hydrogen-bond donors (Lipinski definition) is 1. The molecule has 0 aliphatic rings. The van der Waals surface area contributed by atoms with Crippen LogP contribution in [0.5, 0.6) is 0 Å². The van der Waals surface area contributed by atoms with Gasteiger partial charge in [-0.15, -0.1) is 11.3 Å². The predicted molar refractivity (Wildman–Crippen MR) is 161 cm³/mol. The average molecular weight is 525 g/mol. The normalized spacial score (nSPS) is 11.3. The largest absolute Gasteiger partial charge is 0.477 e. The molecule has 0 spiro atoms. The van der Waals surface area contributed by atoms with E-state index >= 15 is 0 Å². The molecule has 0 saturated heterocycles. The van der Waals surface area contributed by atoms with Crippen LogP contribution in [0, 0.1) is 11.3 Å². The molecule has 4 aromatic carbocycles. The van der Waals surface area contributed by atoms with Crippen LogP contribution in [0.15, 0.2) is 127 Å². The second-order valence-electron chi connectivity index (χ2n) is 8.73. The monoisotopic (exact) mass is 524 g/mol. The van der Waals surface area contributed by atoms with Crippen molar-refractivity contribution < 1.29 is 9.90 Å². The van der Waals surface area contributed by atoms with Crippen LogP contribution in [0.1, 0.15) is 16.0 Å². The van der Waals surface area contributed by atoms with Gasteiger partial charge in [0.1, 0.15) is 11.6 Å². The quantitative estimate of drug-likeness (QED) is 0.162. The molecule has 0 fully saturated rings. The van der Waals surface area contributed by atoms with Crippen LogP contribution in [0.25, 0.3) is 28.7 Å². The van der Waals surface area contributed by atoms with Crippen LogP contribution in [-0.2, 0) is 4.79 Å². The highest BCUT2D eigenvalue weighted by Gasteiger charge is 2.11. The minimum atomic E-state index is -1.23. The number of thiophene rings is 1. The lowest BCUT2D eigenvalue weighted by Crippen LogP contribution is -2.09. The highest BCUT2D eigenvalue weighted by atomic mass is 32.1. The Hall–Kier alpha value is -5.18. The fraction of sp³-hybridized carbons (Fsp3) is 0. The summed E-state index contributed by atoms with van der Waals surface area (Å²) >= 11 is 1.68. The summed E-state index contributed by atoms with van der Waals surface area (Å²) < 4.78 is 0. The van der Waals surface area contributed by atoms with E-state index in [0.29, 0.717) is 5.56 Å². The molecule has 1 N–H and O–H groups in total. The maximum absolute atomic E-state index is 11.1. The van der Waals surface area contributed by atoms with Gasteiger partial charge in [0.05, 0.1) is 0 Å². The molecule has 0 bridgehead atoms. The van der Waals surface area contributed by atoms with Gasteiger partial charge < -0.3 is 10.0 Å². The lowest BCUT2D eigenvalue weighted by Gasteiger charge is -2.25. The lowest BCUT2D eigenvalue weighted by molar-refractivity contribution is -0.132. The Bertz CT molecular complexity index is 1620. The van der Waals surface area contributed by atoms with Gasteiger partial charge in [-0.2, -0.15) is 5.26 Å². The Morgan fingerprint density at radius 3 is 1.82 bits per heavy atom. The van der Waals surface area contributed by atoms with Crippen LogP contribution in [0.2, 0.25) is 0 Å². The first-order valence-corrected chi connectivity index (χ1v) is 13.2. The summed E-state index contributed by atoms with van der Waals surface area (Å²) in [6.07, 6.45) is 5.59. The molecule has 0 amide bonds. The molecule has 0 atom stereocenters. The molecule has 1 heterocycles. The molecule has 0 radical (unpaired) electrons.